The lowest BCUT2D eigenvalue weighted by Gasteiger charge is -2.16. The second-order valence-electron chi connectivity index (χ2n) is 4.32. The molecule has 100 valence electrons. The first kappa shape index (κ1) is 12.3. The first-order valence-corrected chi connectivity index (χ1v) is 5.73. The number of rotatable bonds is 1. The van der Waals surface area contributed by atoms with Crippen molar-refractivity contribution in [3.8, 4) is 0 Å². The number of benzene rings is 2. The number of fused-ring (bicyclic) bond motifs is 1. The van der Waals surface area contributed by atoms with E-state index in [4.69, 9.17) is 5.73 Å². The fraction of sp³-hybridized carbons (Fsp3) is 0. The Balaban J connectivity index is 2.19. The summed E-state index contributed by atoms with van der Waals surface area (Å²) in [6.07, 6.45) is 0. The van der Waals surface area contributed by atoms with Gasteiger partial charge in [-0.1, -0.05) is 12.1 Å². The lowest BCUT2D eigenvalue weighted by molar-refractivity contribution is 0.0923. The number of hydrogen-bond acceptors (Lipinski definition) is 3. The highest BCUT2D eigenvalue weighted by Crippen LogP contribution is 2.33. The van der Waals surface area contributed by atoms with Crippen LogP contribution in [0.1, 0.15) is 20.7 Å². The van der Waals surface area contributed by atoms with Crippen LogP contribution in [0.25, 0.3) is 0 Å². The molecule has 2 aromatic rings. The molecule has 0 saturated heterocycles. The van der Waals surface area contributed by atoms with Crippen molar-refractivity contribution >= 4 is 23.2 Å². The van der Waals surface area contributed by atoms with Gasteiger partial charge in [0.25, 0.3) is 11.8 Å². The summed E-state index contributed by atoms with van der Waals surface area (Å²) in [6, 6.07) is 7.74. The van der Waals surface area contributed by atoms with Crippen LogP contribution in [0.2, 0.25) is 0 Å². The monoisotopic (exact) mass is 274 g/mol. The summed E-state index contributed by atoms with van der Waals surface area (Å²) in [5.41, 5.74) is 4.72. The maximum atomic E-state index is 13.9. The molecule has 2 aromatic carbocycles. The van der Waals surface area contributed by atoms with Gasteiger partial charge in [0.15, 0.2) is 11.6 Å². The second kappa shape index (κ2) is 4.12. The first-order valence-electron chi connectivity index (χ1n) is 5.73. The summed E-state index contributed by atoms with van der Waals surface area (Å²) in [5.74, 6) is -3.63. The predicted molar refractivity (Wildman–Crippen MR) is 68.4 cm³/mol. The number of carbonyl (C=O) groups excluding carboxylic acids is 2. The van der Waals surface area contributed by atoms with Gasteiger partial charge in [-0.25, -0.2) is 13.7 Å². The van der Waals surface area contributed by atoms with Gasteiger partial charge in [-0.2, -0.15) is 0 Å². The number of nitrogens with zero attached hydrogens (tertiary/aromatic N) is 1. The molecule has 6 heteroatoms. The Labute approximate surface area is 112 Å². The van der Waals surface area contributed by atoms with Gasteiger partial charge >= 0.3 is 0 Å². The number of nitrogens with two attached hydrogens (primary N) is 1. The summed E-state index contributed by atoms with van der Waals surface area (Å²) < 4.78 is 27.7. The highest BCUT2D eigenvalue weighted by Gasteiger charge is 2.39. The van der Waals surface area contributed by atoms with Crippen LogP contribution in [-0.4, -0.2) is 11.8 Å². The van der Waals surface area contributed by atoms with Crippen molar-refractivity contribution in [1.29, 1.82) is 0 Å². The van der Waals surface area contributed by atoms with Gasteiger partial charge in [0.05, 0.1) is 11.1 Å². The molecule has 0 spiro atoms. The van der Waals surface area contributed by atoms with Gasteiger partial charge in [-0.3, -0.25) is 9.59 Å². The van der Waals surface area contributed by atoms with Gasteiger partial charge in [0.2, 0.25) is 0 Å². The molecule has 2 amide bonds. The Morgan fingerprint density at radius 3 is 1.80 bits per heavy atom. The van der Waals surface area contributed by atoms with Crippen LogP contribution in [-0.2, 0) is 0 Å². The molecule has 1 heterocycles. The zero-order valence-corrected chi connectivity index (χ0v) is 10.1. The van der Waals surface area contributed by atoms with E-state index in [1.165, 1.54) is 12.1 Å². The van der Waals surface area contributed by atoms with Gasteiger partial charge < -0.3 is 5.73 Å². The zero-order valence-electron chi connectivity index (χ0n) is 10.1. The average Bonchev–Trinajstić information content (AvgIpc) is 2.64. The normalized spacial score (nSPS) is 13.8. The Bertz CT molecular complexity index is 701. The molecule has 2 N–H and O–H groups in total. The van der Waals surface area contributed by atoms with Crippen LogP contribution in [0.3, 0.4) is 0 Å². The van der Waals surface area contributed by atoms with Crippen molar-refractivity contribution in [2.45, 2.75) is 0 Å². The van der Waals surface area contributed by atoms with E-state index in [1.807, 2.05) is 0 Å². The van der Waals surface area contributed by atoms with Crippen LogP contribution >= 0.6 is 0 Å². The Hall–Kier alpha value is -2.76. The Morgan fingerprint density at radius 2 is 1.35 bits per heavy atom. The molecule has 0 aromatic heterocycles. The molecular weight excluding hydrogens is 266 g/mol. The van der Waals surface area contributed by atoms with E-state index in [0.717, 1.165) is 12.1 Å². The SMILES string of the molecule is Nc1cc(F)c(N2C(=O)c3ccccc3C2=O)c(F)c1. The predicted octanol–water partition coefficient (Wildman–Crippen LogP) is 2.35. The smallest absolute Gasteiger partial charge is 0.266 e. The average molecular weight is 274 g/mol. The molecule has 0 radical (unpaired) electrons. The maximum Gasteiger partial charge on any atom is 0.266 e. The van der Waals surface area contributed by atoms with Crippen molar-refractivity contribution in [2.24, 2.45) is 0 Å². The van der Waals surface area contributed by atoms with Crippen molar-refractivity contribution < 1.29 is 18.4 Å². The minimum absolute atomic E-state index is 0.119. The molecule has 3 rings (SSSR count). The van der Waals surface area contributed by atoms with Crippen molar-refractivity contribution in [2.75, 3.05) is 10.6 Å². The van der Waals surface area contributed by atoms with Gasteiger partial charge in [0.1, 0.15) is 5.69 Å². The third-order valence-corrected chi connectivity index (χ3v) is 3.06. The maximum absolute atomic E-state index is 13.9. The number of anilines is 2. The van der Waals surface area contributed by atoms with Crippen LogP contribution in [0.4, 0.5) is 20.2 Å². The Morgan fingerprint density at radius 1 is 0.900 bits per heavy atom. The van der Waals surface area contributed by atoms with Crippen molar-refractivity contribution in [3.63, 3.8) is 0 Å². The van der Waals surface area contributed by atoms with E-state index in [9.17, 15) is 18.4 Å². The van der Waals surface area contributed by atoms with Crippen LogP contribution < -0.4 is 10.6 Å². The summed E-state index contributed by atoms with van der Waals surface area (Å²) in [7, 11) is 0. The van der Waals surface area contributed by atoms with E-state index >= 15 is 0 Å². The van der Waals surface area contributed by atoms with E-state index in [0.29, 0.717) is 4.90 Å². The highest BCUT2D eigenvalue weighted by molar-refractivity contribution is 6.34. The summed E-state index contributed by atoms with van der Waals surface area (Å²) in [5, 5.41) is 0. The topological polar surface area (TPSA) is 63.4 Å². The number of nitrogen functional groups attached to an aromatic ring is 1. The summed E-state index contributed by atoms with van der Waals surface area (Å²) in [6.45, 7) is 0. The molecule has 0 saturated carbocycles. The minimum Gasteiger partial charge on any atom is -0.399 e. The summed E-state index contributed by atoms with van der Waals surface area (Å²) in [4.78, 5) is 24.8. The quantitative estimate of drug-likeness (QED) is 0.641. The largest absolute Gasteiger partial charge is 0.399 e. The number of halogens is 2. The lowest BCUT2D eigenvalue weighted by atomic mass is 10.1. The van der Waals surface area contributed by atoms with Crippen LogP contribution in [0.15, 0.2) is 36.4 Å². The lowest BCUT2D eigenvalue weighted by Crippen LogP contribution is -2.31. The van der Waals surface area contributed by atoms with E-state index in [1.54, 1.807) is 12.1 Å². The molecular formula is C14H8F2N2O2. The molecule has 0 fully saturated rings. The fourth-order valence-corrected chi connectivity index (χ4v) is 2.19. The number of imide groups is 1. The van der Waals surface area contributed by atoms with Crippen LogP contribution in [0, 0.1) is 11.6 Å². The van der Waals surface area contributed by atoms with Gasteiger partial charge in [-0.05, 0) is 24.3 Å². The minimum atomic E-state index is -1.06. The second-order valence-corrected chi connectivity index (χ2v) is 4.32. The number of hydrogen-bond donors (Lipinski definition) is 1. The third-order valence-electron chi connectivity index (χ3n) is 3.06. The number of amides is 2. The van der Waals surface area contributed by atoms with Crippen LogP contribution in [0.5, 0.6) is 0 Å². The third kappa shape index (κ3) is 1.58. The van der Waals surface area contributed by atoms with Crippen molar-refractivity contribution in [3.05, 3.63) is 59.2 Å². The Kier molecular flexibility index (Phi) is 2.53. The molecule has 20 heavy (non-hydrogen) atoms. The molecule has 0 bridgehead atoms. The standard InChI is InChI=1S/C14H8F2N2O2/c15-10-5-7(17)6-11(16)12(10)18-13(19)8-3-1-2-4-9(8)14(18)20/h1-6H,17H2. The molecule has 1 aliphatic rings. The molecule has 4 nitrogen and oxygen atoms in total. The zero-order chi connectivity index (χ0) is 14.4. The van der Waals surface area contributed by atoms with Gasteiger partial charge in [-0.15, -0.1) is 0 Å². The molecule has 0 aliphatic carbocycles. The van der Waals surface area contributed by atoms with Crippen molar-refractivity contribution in [1.82, 2.24) is 0 Å². The molecule has 0 unspecified atom stereocenters. The van der Waals surface area contributed by atoms with E-state index in [-0.39, 0.29) is 16.8 Å². The number of carbonyl (C=O) groups is 2. The molecule has 1 aliphatic heterocycles. The van der Waals surface area contributed by atoms with E-state index in [2.05, 4.69) is 0 Å². The fourth-order valence-electron chi connectivity index (χ4n) is 2.19. The van der Waals surface area contributed by atoms with Gasteiger partial charge in [0, 0.05) is 5.69 Å². The highest BCUT2D eigenvalue weighted by atomic mass is 19.1. The molecule has 0 atom stereocenters. The summed E-state index contributed by atoms with van der Waals surface area (Å²) >= 11 is 0. The first-order chi connectivity index (χ1) is 9.50. The van der Waals surface area contributed by atoms with E-state index < -0.39 is 29.1 Å².